The van der Waals surface area contributed by atoms with Gasteiger partial charge in [0.15, 0.2) is 0 Å². The summed E-state index contributed by atoms with van der Waals surface area (Å²) in [7, 11) is 0. The lowest BCUT2D eigenvalue weighted by Crippen LogP contribution is -2.45. The van der Waals surface area contributed by atoms with Crippen LogP contribution in [0.3, 0.4) is 0 Å². The van der Waals surface area contributed by atoms with E-state index in [1.807, 2.05) is 13.8 Å². The molecular weight excluding hydrogens is 160 g/mol. The second-order valence-corrected chi connectivity index (χ2v) is 4.53. The number of hydrogen-bond donors (Lipinski definition) is 0. The van der Waals surface area contributed by atoms with Crippen LogP contribution in [0.5, 0.6) is 0 Å². The fourth-order valence-corrected chi connectivity index (χ4v) is 2.51. The van der Waals surface area contributed by atoms with Crippen molar-refractivity contribution >= 4 is 0 Å². The SMILES string of the molecule is CC.CC(C)C12CCC(CC1)OC2. The average Bonchev–Trinajstić information content (AvgIpc) is 2.23. The molecule has 0 aromatic heterocycles. The molecule has 1 heteroatoms. The largest absolute Gasteiger partial charge is 0.378 e. The molecule has 0 atom stereocenters. The van der Waals surface area contributed by atoms with Crippen molar-refractivity contribution in [3.8, 4) is 0 Å². The molecule has 1 aliphatic carbocycles. The van der Waals surface area contributed by atoms with Gasteiger partial charge >= 0.3 is 0 Å². The van der Waals surface area contributed by atoms with E-state index in [4.69, 9.17) is 4.74 Å². The second kappa shape index (κ2) is 4.45. The molecule has 0 amide bonds. The van der Waals surface area contributed by atoms with Crippen LogP contribution in [0.15, 0.2) is 0 Å². The number of rotatable bonds is 1. The average molecular weight is 184 g/mol. The van der Waals surface area contributed by atoms with Gasteiger partial charge in [0, 0.05) is 0 Å². The van der Waals surface area contributed by atoms with Gasteiger partial charge in [-0.3, -0.25) is 0 Å². The van der Waals surface area contributed by atoms with Gasteiger partial charge in [0.2, 0.25) is 0 Å². The van der Waals surface area contributed by atoms with Crippen molar-refractivity contribution in [2.24, 2.45) is 11.3 Å². The van der Waals surface area contributed by atoms with E-state index in [2.05, 4.69) is 13.8 Å². The maximum absolute atomic E-state index is 5.74. The summed E-state index contributed by atoms with van der Waals surface area (Å²) in [6, 6.07) is 0. The van der Waals surface area contributed by atoms with Crippen molar-refractivity contribution in [1.29, 1.82) is 0 Å². The fourth-order valence-electron chi connectivity index (χ4n) is 2.51. The third-order valence-electron chi connectivity index (χ3n) is 3.76. The highest BCUT2D eigenvalue weighted by Gasteiger charge is 2.43. The monoisotopic (exact) mass is 184 g/mol. The number of ether oxygens (including phenoxy) is 1. The highest BCUT2D eigenvalue weighted by Crippen LogP contribution is 2.47. The molecule has 1 nitrogen and oxygen atoms in total. The summed E-state index contributed by atoms with van der Waals surface area (Å²) in [5.41, 5.74) is 0.564. The summed E-state index contributed by atoms with van der Waals surface area (Å²) in [6.07, 6.45) is 6.08. The van der Waals surface area contributed by atoms with Gasteiger partial charge in [0.05, 0.1) is 12.7 Å². The smallest absolute Gasteiger partial charge is 0.0575 e. The van der Waals surface area contributed by atoms with Gasteiger partial charge in [0.1, 0.15) is 0 Å². The predicted molar refractivity (Wildman–Crippen MR) is 56.8 cm³/mol. The molecule has 3 rings (SSSR count). The lowest BCUT2D eigenvalue weighted by Gasteiger charge is -2.49. The zero-order valence-electron chi connectivity index (χ0n) is 9.60. The third-order valence-corrected chi connectivity index (χ3v) is 3.76. The van der Waals surface area contributed by atoms with Crippen molar-refractivity contribution in [2.75, 3.05) is 6.61 Å². The van der Waals surface area contributed by atoms with Crippen molar-refractivity contribution in [2.45, 2.75) is 59.5 Å². The van der Waals surface area contributed by atoms with Gasteiger partial charge in [-0.25, -0.2) is 0 Å². The third kappa shape index (κ3) is 2.07. The fraction of sp³-hybridized carbons (Fsp3) is 1.00. The van der Waals surface area contributed by atoms with E-state index in [9.17, 15) is 0 Å². The zero-order chi connectivity index (χ0) is 9.90. The molecule has 2 aliphatic heterocycles. The maximum atomic E-state index is 5.74. The lowest BCUT2D eigenvalue weighted by atomic mass is 9.65. The molecule has 78 valence electrons. The van der Waals surface area contributed by atoms with E-state index in [0.29, 0.717) is 11.5 Å². The van der Waals surface area contributed by atoms with Crippen molar-refractivity contribution in [3.63, 3.8) is 0 Å². The van der Waals surface area contributed by atoms with Gasteiger partial charge in [-0.2, -0.15) is 0 Å². The van der Waals surface area contributed by atoms with Crippen LogP contribution >= 0.6 is 0 Å². The zero-order valence-corrected chi connectivity index (χ0v) is 9.60. The Morgan fingerprint density at radius 2 is 1.69 bits per heavy atom. The minimum absolute atomic E-state index is 0.564. The molecule has 3 fully saturated rings. The number of hydrogen-bond acceptors (Lipinski definition) is 1. The van der Waals surface area contributed by atoms with Crippen molar-refractivity contribution in [3.05, 3.63) is 0 Å². The van der Waals surface area contributed by atoms with Crippen LogP contribution in [0.4, 0.5) is 0 Å². The van der Waals surface area contributed by atoms with E-state index in [1.165, 1.54) is 25.7 Å². The topological polar surface area (TPSA) is 9.23 Å². The van der Waals surface area contributed by atoms with Crippen LogP contribution in [-0.4, -0.2) is 12.7 Å². The highest BCUT2D eigenvalue weighted by molar-refractivity contribution is 4.92. The first kappa shape index (κ1) is 11.0. The maximum Gasteiger partial charge on any atom is 0.0575 e. The minimum atomic E-state index is 0.564. The van der Waals surface area contributed by atoms with Gasteiger partial charge in [0.25, 0.3) is 0 Å². The molecule has 2 heterocycles. The molecule has 0 unspecified atom stereocenters. The Morgan fingerprint density at radius 3 is 1.92 bits per heavy atom. The Bertz CT molecular complexity index is 129. The van der Waals surface area contributed by atoms with E-state index in [0.717, 1.165) is 12.5 Å². The molecule has 1 saturated carbocycles. The summed E-state index contributed by atoms with van der Waals surface area (Å²) in [4.78, 5) is 0. The molecule has 3 aliphatic rings. The van der Waals surface area contributed by atoms with E-state index in [1.54, 1.807) is 0 Å². The van der Waals surface area contributed by atoms with Crippen LogP contribution in [-0.2, 0) is 4.74 Å². The molecule has 2 bridgehead atoms. The summed E-state index contributed by atoms with van der Waals surface area (Å²) in [5, 5.41) is 0. The van der Waals surface area contributed by atoms with E-state index >= 15 is 0 Å². The quantitative estimate of drug-likeness (QED) is 0.604. The number of fused-ring (bicyclic) bond motifs is 3. The Kier molecular flexibility index (Phi) is 3.78. The molecule has 0 radical (unpaired) electrons. The highest BCUT2D eigenvalue weighted by atomic mass is 16.5. The molecule has 2 saturated heterocycles. The van der Waals surface area contributed by atoms with Gasteiger partial charge in [-0.05, 0) is 37.0 Å². The van der Waals surface area contributed by atoms with Gasteiger partial charge in [-0.1, -0.05) is 27.7 Å². The second-order valence-electron chi connectivity index (χ2n) is 4.53. The molecular formula is C12H24O. The normalized spacial score (nSPS) is 37.2. The Labute approximate surface area is 82.9 Å². The summed E-state index contributed by atoms with van der Waals surface area (Å²) < 4.78 is 5.74. The lowest BCUT2D eigenvalue weighted by molar-refractivity contribution is -0.133. The summed E-state index contributed by atoms with van der Waals surface area (Å²) in [6.45, 7) is 9.72. The van der Waals surface area contributed by atoms with Crippen LogP contribution in [0.2, 0.25) is 0 Å². The van der Waals surface area contributed by atoms with Crippen molar-refractivity contribution in [1.82, 2.24) is 0 Å². The van der Waals surface area contributed by atoms with Gasteiger partial charge in [-0.15, -0.1) is 0 Å². The Balaban J connectivity index is 0.000000396. The first-order valence-electron chi connectivity index (χ1n) is 5.84. The summed E-state index contributed by atoms with van der Waals surface area (Å²) in [5.74, 6) is 0.809. The Morgan fingerprint density at radius 1 is 1.15 bits per heavy atom. The first-order valence-corrected chi connectivity index (χ1v) is 5.84. The van der Waals surface area contributed by atoms with Gasteiger partial charge < -0.3 is 4.74 Å². The van der Waals surface area contributed by atoms with Crippen LogP contribution in [0.25, 0.3) is 0 Å². The van der Waals surface area contributed by atoms with E-state index in [-0.39, 0.29) is 0 Å². The predicted octanol–water partition coefficient (Wildman–Crippen LogP) is 3.63. The van der Waals surface area contributed by atoms with E-state index < -0.39 is 0 Å². The Hall–Kier alpha value is -0.0400. The first-order chi connectivity index (χ1) is 6.23. The molecule has 0 spiro atoms. The standard InChI is InChI=1S/C10H18O.C2H6/c1-8(2)10-5-3-9(4-6-10)11-7-10;1-2/h8-9H,3-7H2,1-2H3;1-2H3. The van der Waals surface area contributed by atoms with Crippen molar-refractivity contribution < 1.29 is 4.74 Å². The van der Waals surface area contributed by atoms with Crippen LogP contribution in [0, 0.1) is 11.3 Å². The molecule has 0 aromatic rings. The summed E-state index contributed by atoms with van der Waals surface area (Å²) >= 11 is 0. The molecule has 13 heavy (non-hydrogen) atoms. The minimum Gasteiger partial charge on any atom is -0.378 e. The molecule has 0 N–H and O–H groups in total. The van der Waals surface area contributed by atoms with Crippen LogP contribution < -0.4 is 0 Å². The van der Waals surface area contributed by atoms with Crippen LogP contribution in [0.1, 0.15) is 53.4 Å². The molecule has 0 aromatic carbocycles.